The summed E-state index contributed by atoms with van der Waals surface area (Å²) in [6.45, 7) is 0.610. The van der Waals surface area contributed by atoms with E-state index in [1.165, 1.54) is 11.6 Å². The van der Waals surface area contributed by atoms with Crippen LogP contribution >= 0.6 is 11.8 Å². The van der Waals surface area contributed by atoms with Crippen molar-refractivity contribution in [1.29, 1.82) is 0 Å². The van der Waals surface area contributed by atoms with Crippen LogP contribution < -0.4 is 5.32 Å². The number of aryl methyl sites for hydroxylation is 1. The maximum absolute atomic E-state index is 13.7. The van der Waals surface area contributed by atoms with E-state index in [-0.39, 0.29) is 28.3 Å². The molecule has 0 aliphatic carbocycles. The maximum Gasteiger partial charge on any atom is 0.277 e. The third kappa shape index (κ3) is 5.16. The van der Waals surface area contributed by atoms with Gasteiger partial charge in [0.25, 0.3) is 11.1 Å². The number of thioether (sulfide) groups is 1. The lowest BCUT2D eigenvalue weighted by molar-refractivity contribution is -0.118. The third-order valence-corrected chi connectivity index (χ3v) is 4.46. The van der Waals surface area contributed by atoms with Gasteiger partial charge in [-0.3, -0.25) is 4.79 Å². The first-order valence-electron chi connectivity index (χ1n) is 8.24. The highest BCUT2D eigenvalue weighted by molar-refractivity contribution is 7.99. The Morgan fingerprint density at radius 2 is 1.85 bits per heavy atom. The van der Waals surface area contributed by atoms with Gasteiger partial charge in [0.1, 0.15) is 5.82 Å². The third-order valence-electron chi connectivity index (χ3n) is 3.64. The minimum atomic E-state index is -0.427. The van der Waals surface area contributed by atoms with Gasteiger partial charge in [-0.05, 0) is 30.5 Å². The Bertz CT molecular complexity index is 855. The first-order valence-corrected chi connectivity index (χ1v) is 9.23. The Kier molecular flexibility index (Phi) is 6.38. The van der Waals surface area contributed by atoms with Crippen LogP contribution in [0.5, 0.6) is 0 Å². The first kappa shape index (κ1) is 18.1. The molecule has 1 N–H and O–H groups in total. The van der Waals surface area contributed by atoms with E-state index >= 15 is 0 Å². The topological polar surface area (TPSA) is 68.0 Å². The number of nitrogens with one attached hydrogen (secondary N) is 1. The van der Waals surface area contributed by atoms with E-state index in [0.29, 0.717) is 6.54 Å². The highest BCUT2D eigenvalue weighted by atomic mass is 32.2. The van der Waals surface area contributed by atoms with Crippen molar-refractivity contribution in [2.45, 2.75) is 18.1 Å². The van der Waals surface area contributed by atoms with E-state index in [0.717, 1.165) is 24.6 Å². The molecule has 2 aromatic carbocycles. The van der Waals surface area contributed by atoms with Crippen LogP contribution in [0.3, 0.4) is 0 Å². The van der Waals surface area contributed by atoms with Crippen LogP contribution in [-0.4, -0.2) is 28.4 Å². The van der Waals surface area contributed by atoms with E-state index in [1.54, 1.807) is 18.2 Å². The molecule has 0 aliphatic heterocycles. The molecule has 7 heteroatoms. The number of carbonyl (C=O) groups excluding carboxylic acids is 1. The smallest absolute Gasteiger partial charge is 0.277 e. The van der Waals surface area contributed by atoms with Crippen molar-refractivity contribution in [3.8, 4) is 11.5 Å². The molecule has 0 bridgehead atoms. The van der Waals surface area contributed by atoms with Gasteiger partial charge >= 0.3 is 0 Å². The van der Waals surface area contributed by atoms with Crippen LogP contribution in [0, 0.1) is 5.82 Å². The lowest BCUT2D eigenvalue weighted by Crippen LogP contribution is -2.26. The largest absolute Gasteiger partial charge is 0.411 e. The second kappa shape index (κ2) is 9.15. The van der Waals surface area contributed by atoms with Crippen molar-refractivity contribution in [2.75, 3.05) is 12.3 Å². The molecule has 1 amide bonds. The van der Waals surface area contributed by atoms with Gasteiger partial charge in [-0.2, -0.15) is 0 Å². The van der Waals surface area contributed by atoms with E-state index < -0.39 is 5.82 Å². The summed E-state index contributed by atoms with van der Waals surface area (Å²) in [7, 11) is 0. The molecule has 0 fully saturated rings. The van der Waals surface area contributed by atoms with Crippen LogP contribution in [0.2, 0.25) is 0 Å². The number of benzene rings is 2. The molecule has 134 valence electrons. The molecular formula is C19H18FN3O2S. The Hall–Kier alpha value is -2.67. The summed E-state index contributed by atoms with van der Waals surface area (Å²) in [5, 5.41) is 10.8. The number of nitrogens with zero attached hydrogens (tertiary/aromatic N) is 2. The van der Waals surface area contributed by atoms with Gasteiger partial charge in [0.15, 0.2) is 0 Å². The van der Waals surface area contributed by atoms with Crippen LogP contribution in [0.15, 0.2) is 64.2 Å². The minimum absolute atomic E-state index is 0.103. The zero-order chi connectivity index (χ0) is 18.2. The van der Waals surface area contributed by atoms with Crippen LogP contribution in [0.4, 0.5) is 4.39 Å². The minimum Gasteiger partial charge on any atom is -0.411 e. The molecule has 0 radical (unpaired) electrons. The summed E-state index contributed by atoms with van der Waals surface area (Å²) >= 11 is 1.13. The van der Waals surface area contributed by atoms with Gasteiger partial charge in [0.05, 0.1) is 11.3 Å². The van der Waals surface area contributed by atoms with Gasteiger partial charge in [-0.1, -0.05) is 54.2 Å². The average Bonchev–Trinajstić information content (AvgIpc) is 3.13. The molecular weight excluding hydrogens is 353 g/mol. The fourth-order valence-corrected chi connectivity index (χ4v) is 2.95. The molecule has 26 heavy (non-hydrogen) atoms. The molecule has 0 unspecified atom stereocenters. The predicted octanol–water partition coefficient (Wildman–Crippen LogP) is 3.72. The fourth-order valence-electron chi connectivity index (χ4n) is 2.35. The Balaban J connectivity index is 1.40. The number of amides is 1. The van der Waals surface area contributed by atoms with E-state index in [2.05, 4.69) is 27.6 Å². The number of carbonyl (C=O) groups is 1. The highest BCUT2D eigenvalue weighted by Gasteiger charge is 2.13. The van der Waals surface area contributed by atoms with Crippen molar-refractivity contribution in [3.63, 3.8) is 0 Å². The van der Waals surface area contributed by atoms with E-state index in [1.807, 2.05) is 18.2 Å². The predicted molar refractivity (Wildman–Crippen MR) is 98.2 cm³/mol. The summed E-state index contributed by atoms with van der Waals surface area (Å²) in [5.41, 5.74) is 1.50. The first-order chi connectivity index (χ1) is 12.7. The number of halogens is 1. The number of hydrogen-bond acceptors (Lipinski definition) is 5. The molecule has 1 heterocycles. The SMILES string of the molecule is O=C(CSc1nnc(-c2ccccc2F)o1)NCCCc1ccccc1. The van der Waals surface area contributed by atoms with Crippen molar-refractivity contribution < 1.29 is 13.6 Å². The monoisotopic (exact) mass is 371 g/mol. The Morgan fingerprint density at radius 1 is 1.08 bits per heavy atom. The number of hydrogen-bond donors (Lipinski definition) is 1. The Morgan fingerprint density at radius 3 is 2.65 bits per heavy atom. The maximum atomic E-state index is 13.7. The Labute approximate surface area is 155 Å². The van der Waals surface area contributed by atoms with Gasteiger partial charge in [-0.25, -0.2) is 4.39 Å². The second-order valence-corrected chi connectivity index (χ2v) is 6.51. The number of aromatic nitrogens is 2. The molecule has 0 aliphatic rings. The second-order valence-electron chi connectivity index (χ2n) is 5.58. The van der Waals surface area contributed by atoms with Crippen molar-refractivity contribution in [2.24, 2.45) is 0 Å². The zero-order valence-corrected chi connectivity index (χ0v) is 14.8. The lowest BCUT2D eigenvalue weighted by Gasteiger charge is -2.04. The molecule has 5 nitrogen and oxygen atoms in total. The van der Waals surface area contributed by atoms with Gasteiger partial charge in [0.2, 0.25) is 5.91 Å². The summed E-state index contributed by atoms with van der Waals surface area (Å²) in [6, 6.07) is 16.3. The summed E-state index contributed by atoms with van der Waals surface area (Å²) < 4.78 is 19.1. The fraction of sp³-hybridized carbons (Fsp3) is 0.211. The van der Waals surface area contributed by atoms with Crippen LogP contribution in [0.1, 0.15) is 12.0 Å². The van der Waals surface area contributed by atoms with Crippen molar-refractivity contribution in [3.05, 3.63) is 66.0 Å². The summed E-state index contributed by atoms with van der Waals surface area (Å²) in [4.78, 5) is 11.9. The molecule has 0 saturated carbocycles. The molecule has 1 aromatic heterocycles. The standard InChI is InChI=1S/C19H18FN3O2S/c20-16-11-5-4-10-15(16)18-22-23-19(25-18)26-13-17(24)21-12-6-9-14-7-2-1-3-8-14/h1-5,7-8,10-11H,6,9,12-13H2,(H,21,24). The molecule has 0 spiro atoms. The van der Waals surface area contributed by atoms with Crippen LogP contribution in [-0.2, 0) is 11.2 Å². The normalized spacial score (nSPS) is 10.7. The zero-order valence-electron chi connectivity index (χ0n) is 14.0. The highest BCUT2D eigenvalue weighted by Crippen LogP contribution is 2.24. The van der Waals surface area contributed by atoms with Crippen molar-refractivity contribution in [1.82, 2.24) is 15.5 Å². The molecule has 0 saturated heterocycles. The average molecular weight is 371 g/mol. The van der Waals surface area contributed by atoms with E-state index in [4.69, 9.17) is 4.42 Å². The number of rotatable bonds is 8. The van der Waals surface area contributed by atoms with Gasteiger partial charge in [-0.15, -0.1) is 10.2 Å². The molecule has 3 rings (SSSR count). The van der Waals surface area contributed by atoms with Crippen molar-refractivity contribution >= 4 is 17.7 Å². The molecule has 3 aromatic rings. The summed E-state index contributed by atoms with van der Waals surface area (Å²) in [6.07, 6.45) is 1.79. The van der Waals surface area contributed by atoms with Gasteiger partial charge < -0.3 is 9.73 Å². The van der Waals surface area contributed by atoms with E-state index in [9.17, 15) is 9.18 Å². The lowest BCUT2D eigenvalue weighted by atomic mass is 10.1. The quantitative estimate of drug-likeness (QED) is 0.483. The summed E-state index contributed by atoms with van der Waals surface area (Å²) in [5.74, 6) is -0.254. The van der Waals surface area contributed by atoms with Gasteiger partial charge in [0, 0.05) is 6.54 Å². The molecule has 0 atom stereocenters. The van der Waals surface area contributed by atoms with Crippen LogP contribution in [0.25, 0.3) is 11.5 Å².